The van der Waals surface area contributed by atoms with Gasteiger partial charge in [0.05, 0.1) is 0 Å². The van der Waals surface area contributed by atoms with E-state index in [2.05, 4.69) is 6.92 Å². The largest absolute Gasteiger partial charge is 0.330 e. The summed E-state index contributed by atoms with van der Waals surface area (Å²) in [6.07, 6.45) is 4.88. The topological polar surface area (TPSA) is 66.6 Å². The average Bonchev–Trinajstić information content (AvgIpc) is 3.14. The minimum Gasteiger partial charge on any atom is -0.330 e. The Morgan fingerprint density at radius 3 is 2.61 bits per heavy atom. The standard InChI is InChI=1S/C12H25N3O2S/c1-11-4-2-8-14(10-11)18(16,17)15(9-3-7-13)12-5-6-12/h11-12H,2-10,13H2,1H3. The van der Waals surface area contributed by atoms with Gasteiger partial charge in [-0.2, -0.15) is 17.0 Å². The molecule has 1 saturated carbocycles. The van der Waals surface area contributed by atoms with Crippen molar-refractivity contribution in [2.45, 2.75) is 45.1 Å². The first kappa shape index (κ1) is 14.2. The van der Waals surface area contributed by atoms with Crippen LogP contribution in [0.5, 0.6) is 0 Å². The Balaban J connectivity index is 2.06. The quantitative estimate of drug-likeness (QED) is 0.779. The second-order valence-corrected chi connectivity index (χ2v) is 7.48. The zero-order chi connectivity index (χ0) is 13.2. The molecule has 0 bridgehead atoms. The van der Waals surface area contributed by atoms with E-state index in [-0.39, 0.29) is 6.04 Å². The van der Waals surface area contributed by atoms with Crippen molar-refractivity contribution >= 4 is 10.2 Å². The van der Waals surface area contributed by atoms with Gasteiger partial charge in [0.15, 0.2) is 0 Å². The molecule has 0 spiro atoms. The molecule has 18 heavy (non-hydrogen) atoms. The van der Waals surface area contributed by atoms with E-state index < -0.39 is 10.2 Å². The molecule has 0 amide bonds. The molecule has 106 valence electrons. The number of hydrogen-bond donors (Lipinski definition) is 1. The Kier molecular flexibility index (Phi) is 4.64. The van der Waals surface area contributed by atoms with E-state index in [1.54, 1.807) is 8.61 Å². The minimum absolute atomic E-state index is 0.235. The lowest BCUT2D eigenvalue weighted by atomic mass is 10.0. The van der Waals surface area contributed by atoms with Gasteiger partial charge >= 0.3 is 0 Å². The molecule has 2 aliphatic rings. The highest BCUT2D eigenvalue weighted by Crippen LogP contribution is 2.32. The summed E-state index contributed by atoms with van der Waals surface area (Å²) in [4.78, 5) is 0. The highest BCUT2D eigenvalue weighted by Gasteiger charge is 2.40. The Morgan fingerprint density at radius 2 is 2.06 bits per heavy atom. The molecule has 0 radical (unpaired) electrons. The zero-order valence-electron chi connectivity index (χ0n) is 11.2. The van der Waals surface area contributed by atoms with Crippen molar-refractivity contribution in [3.8, 4) is 0 Å². The fraction of sp³-hybridized carbons (Fsp3) is 1.00. The third kappa shape index (κ3) is 3.23. The summed E-state index contributed by atoms with van der Waals surface area (Å²) in [6.45, 7) is 4.61. The molecule has 0 aromatic carbocycles. The van der Waals surface area contributed by atoms with Gasteiger partial charge in [-0.25, -0.2) is 0 Å². The van der Waals surface area contributed by atoms with Gasteiger partial charge in [0.25, 0.3) is 10.2 Å². The Morgan fingerprint density at radius 1 is 1.33 bits per heavy atom. The molecule has 1 unspecified atom stereocenters. The molecule has 6 heteroatoms. The van der Waals surface area contributed by atoms with Gasteiger partial charge in [-0.05, 0) is 44.6 Å². The summed E-state index contributed by atoms with van der Waals surface area (Å²) in [5, 5.41) is 0. The maximum Gasteiger partial charge on any atom is 0.282 e. The van der Waals surface area contributed by atoms with E-state index in [1.165, 1.54) is 0 Å². The maximum absolute atomic E-state index is 12.6. The molecular weight excluding hydrogens is 250 g/mol. The first-order valence-corrected chi connectivity index (χ1v) is 8.42. The van der Waals surface area contributed by atoms with Crippen LogP contribution in [0.1, 0.15) is 39.0 Å². The Bertz CT molecular complexity index is 368. The molecule has 0 aromatic heterocycles. The molecule has 5 nitrogen and oxygen atoms in total. The lowest BCUT2D eigenvalue weighted by molar-refractivity contribution is 0.255. The van der Waals surface area contributed by atoms with Crippen LogP contribution >= 0.6 is 0 Å². The van der Waals surface area contributed by atoms with Crippen LogP contribution in [0.15, 0.2) is 0 Å². The fourth-order valence-corrected chi connectivity index (χ4v) is 4.65. The van der Waals surface area contributed by atoms with Crippen LogP contribution in [-0.2, 0) is 10.2 Å². The first-order valence-electron chi connectivity index (χ1n) is 7.02. The average molecular weight is 275 g/mol. The third-order valence-electron chi connectivity index (χ3n) is 3.78. The van der Waals surface area contributed by atoms with Crippen LogP contribution in [0.4, 0.5) is 0 Å². The predicted octanol–water partition coefficient (Wildman–Crippen LogP) is 0.776. The summed E-state index contributed by atoms with van der Waals surface area (Å²) in [5.41, 5.74) is 5.51. The van der Waals surface area contributed by atoms with Gasteiger partial charge in [0.1, 0.15) is 0 Å². The van der Waals surface area contributed by atoms with Gasteiger partial charge in [0, 0.05) is 25.7 Å². The number of nitrogens with zero attached hydrogens (tertiary/aromatic N) is 2. The highest BCUT2D eigenvalue weighted by atomic mass is 32.2. The van der Waals surface area contributed by atoms with E-state index in [4.69, 9.17) is 5.73 Å². The van der Waals surface area contributed by atoms with Crippen molar-refractivity contribution < 1.29 is 8.42 Å². The van der Waals surface area contributed by atoms with Crippen LogP contribution < -0.4 is 5.73 Å². The molecule has 1 heterocycles. The molecule has 0 aromatic rings. The van der Waals surface area contributed by atoms with Crippen LogP contribution in [0.25, 0.3) is 0 Å². The van der Waals surface area contributed by atoms with Crippen molar-refractivity contribution in [3.05, 3.63) is 0 Å². The molecule has 1 aliphatic heterocycles. The molecule has 2 N–H and O–H groups in total. The van der Waals surface area contributed by atoms with Gasteiger partial charge in [-0.1, -0.05) is 6.92 Å². The summed E-state index contributed by atoms with van der Waals surface area (Å²) in [7, 11) is -3.25. The van der Waals surface area contributed by atoms with Gasteiger partial charge < -0.3 is 5.73 Å². The van der Waals surface area contributed by atoms with Crippen molar-refractivity contribution in [2.75, 3.05) is 26.2 Å². The molecule has 2 fully saturated rings. The molecule has 1 atom stereocenters. The summed E-state index contributed by atoms with van der Waals surface area (Å²) in [6, 6.07) is 0.235. The summed E-state index contributed by atoms with van der Waals surface area (Å²) in [5.74, 6) is 0.476. The van der Waals surface area contributed by atoms with E-state index in [1.807, 2.05) is 0 Å². The van der Waals surface area contributed by atoms with Crippen LogP contribution in [0.2, 0.25) is 0 Å². The Labute approximate surface area is 110 Å². The fourth-order valence-electron chi connectivity index (χ4n) is 2.60. The highest BCUT2D eigenvalue weighted by molar-refractivity contribution is 7.86. The molecule has 1 saturated heterocycles. The van der Waals surface area contributed by atoms with Crippen molar-refractivity contribution in [2.24, 2.45) is 11.7 Å². The number of hydrogen-bond acceptors (Lipinski definition) is 3. The van der Waals surface area contributed by atoms with E-state index >= 15 is 0 Å². The second-order valence-electron chi connectivity index (χ2n) is 5.60. The van der Waals surface area contributed by atoms with Gasteiger partial charge in [0.2, 0.25) is 0 Å². The van der Waals surface area contributed by atoms with Crippen molar-refractivity contribution in [3.63, 3.8) is 0 Å². The Hall–Kier alpha value is -0.170. The predicted molar refractivity (Wildman–Crippen MR) is 72.3 cm³/mol. The lowest BCUT2D eigenvalue weighted by Gasteiger charge is -2.34. The number of nitrogens with two attached hydrogens (primary N) is 1. The zero-order valence-corrected chi connectivity index (χ0v) is 12.0. The lowest BCUT2D eigenvalue weighted by Crippen LogP contribution is -2.49. The van der Waals surface area contributed by atoms with Crippen LogP contribution in [0, 0.1) is 5.92 Å². The summed E-state index contributed by atoms with van der Waals surface area (Å²) >= 11 is 0. The maximum atomic E-state index is 12.6. The van der Waals surface area contributed by atoms with Crippen LogP contribution in [-0.4, -0.2) is 49.2 Å². The smallest absolute Gasteiger partial charge is 0.282 e. The molecule has 2 rings (SSSR count). The molecular formula is C12H25N3O2S. The van der Waals surface area contributed by atoms with E-state index in [9.17, 15) is 8.42 Å². The van der Waals surface area contributed by atoms with Crippen molar-refractivity contribution in [1.82, 2.24) is 8.61 Å². The van der Waals surface area contributed by atoms with Crippen molar-refractivity contribution in [1.29, 1.82) is 0 Å². The summed E-state index contributed by atoms with van der Waals surface area (Å²) < 4.78 is 28.6. The SMILES string of the molecule is CC1CCCN(S(=O)(=O)N(CCCN)C2CC2)C1. The normalized spacial score (nSPS) is 26.7. The second kappa shape index (κ2) is 5.86. The van der Waals surface area contributed by atoms with E-state index in [0.717, 1.165) is 32.1 Å². The monoisotopic (exact) mass is 275 g/mol. The van der Waals surface area contributed by atoms with Gasteiger partial charge in [-0.3, -0.25) is 0 Å². The minimum atomic E-state index is -3.25. The number of piperidine rings is 1. The molecule has 1 aliphatic carbocycles. The van der Waals surface area contributed by atoms with E-state index in [0.29, 0.717) is 32.1 Å². The van der Waals surface area contributed by atoms with Gasteiger partial charge in [-0.15, -0.1) is 0 Å². The first-order chi connectivity index (χ1) is 8.55. The third-order valence-corrected chi connectivity index (χ3v) is 5.84. The van der Waals surface area contributed by atoms with Crippen LogP contribution in [0.3, 0.4) is 0 Å². The number of rotatable bonds is 6.